The summed E-state index contributed by atoms with van der Waals surface area (Å²) in [5.74, 6) is 0.792. The summed E-state index contributed by atoms with van der Waals surface area (Å²) in [6.07, 6.45) is 6.59. The second-order valence-electron chi connectivity index (χ2n) is 11.5. The molecule has 0 aliphatic carbocycles. The number of piperazine rings is 1. The van der Waals surface area contributed by atoms with E-state index in [0.717, 1.165) is 18.7 Å². The predicted molar refractivity (Wildman–Crippen MR) is 152 cm³/mol. The average molecular weight is 581 g/mol. The maximum Gasteiger partial charge on any atom is 0.258 e. The zero-order chi connectivity index (χ0) is 28.9. The topological polar surface area (TPSA) is 138 Å². The Labute approximate surface area is 245 Å². The fourth-order valence-corrected chi connectivity index (χ4v) is 6.38. The summed E-state index contributed by atoms with van der Waals surface area (Å²) in [5.41, 5.74) is 0.449. The average Bonchev–Trinajstić information content (AvgIpc) is 3.54. The van der Waals surface area contributed by atoms with Crippen molar-refractivity contribution in [2.75, 3.05) is 46.0 Å². The largest absolute Gasteiger partial charge is 0.493 e. The van der Waals surface area contributed by atoms with Crippen LogP contribution in [0.2, 0.25) is 0 Å². The molecule has 4 atom stereocenters. The molecular weight excluding hydrogens is 540 g/mol. The number of aromatic amines is 1. The van der Waals surface area contributed by atoms with Crippen LogP contribution >= 0.6 is 0 Å². The fourth-order valence-electron chi connectivity index (χ4n) is 6.38. The minimum absolute atomic E-state index is 0.0219. The van der Waals surface area contributed by atoms with Gasteiger partial charge in [0.25, 0.3) is 5.91 Å². The molecule has 3 saturated heterocycles. The highest BCUT2D eigenvalue weighted by Crippen LogP contribution is 2.27. The Bertz CT molecular complexity index is 1230. The molecule has 0 spiro atoms. The first kappa shape index (κ1) is 28.6. The first-order valence-corrected chi connectivity index (χ1v) is 15.1. The summed E-state index contributed by atoms with van der Waals surface area (Å²) in [6.45, 7) is 3.72. The summed E-state index contributed by atoms with van der Waals surface area (Å²) in [5, 5.41) is 6.30. The van der Waals surface area contributed by atoms with E-state index in [4.69, 9.17) is 14.2 Å². The summed E-state index contributed by atoms with van der Waals surface area (Å²) in [4.78, 5) is 52.0. The van der Waals surface area contributed by atoms with Crippen LogP contribution in [0.3, 0.4) is 0 Å². The number of fused-ring (bicyclic) bond motifs is 4. The SMILES string of the molecule is O=C(N[C@@H]1CC[C@H]2CCOc3ccccc3C(=O)N3CCN(Cc4ncc[nH]4)C[C@H]3C(=O)NC[C@H]1O2)C1CCOCC1. The van der Waals surface area contributed by atoms with Gasteiger partial charge in [-0.2, -0.15) is 0 Å². The first-order chi connectivity index (χ1) is 20.5. The van der Waals surface area contributed by atoms with Crippen LogP contribution in [0.15, 0.2) is 36.7 Å². The molecule has 0 saturated carbocycles. The highest BCUT2D eigenvalue weighted by molar-refractivity contribution is 6.00. The van der Waals surface area contributed by atoms with E-state index in [1.807, 2.05) is 12.1 Å². The van der Waals surface area contributed by atoms with Gasteiger partial charge in [0.1, 0.15) is 17.6 Å². The number of carbonyl (C=O) groups is 3. The summed E-state index contributed by atoms with van der Waals surface area (Å²) in [6, 6.07) is 6.28. The number of benzene rings is 1. The van der Waals surface area contributed by atoms with Crippen LogP contribution in [0.25, 0.3) is 0 Å². The monoisotopic (exact) mass is 580 g/mol. The number of carbonyl (C=O) groups excluding carboxylic acids is 3. The molecule has 6 rings (SSSR count). The number of H-pyrrole nitrogens is 1. The Morgan fingerprint density at radius 3 is 2.74 bits per heavy atom. The van der Waals surface area contributed by atoms with Crippen molar-refractivity contribution >= 4 is 17.7 Å². The van der Waals surface area contributed by atoms with Gasteiger partial charge in [-0.1, -0.05) is 12.1 Å². The molecule has 12 nitrogen and oxygen atoms in total. The van der Waals surface area contributed by atoms with Gasteiger partial charge in [-0.15, -0.1) is 0 Å². The smallest absolute Gasteiger partial charge is 0.258 e. The van der Waals surface area contributed by atoms with E-state index < -0.39 is 12.1 Å². The van der Waals surface area contributed by atoms with Crippen molar-refractivity contribution in [1.29, 1.82) is 0 Å². The van der Waals surface area contributed by atoms with Crippen molar-refractivity contribution in [2.24, 2.45) is 5.92 Å². The number of ether oxygens (including phenoxy) is 3. The summed E-state index contributed by atoms with van der Waals surface area (Å²) >= 11 is 0. The minimum atomic E-state index is -0.716. The third-order valence-electron chi connectivity index (χ3n) is 8.78. The molecule has 3 N–H and O–H groups in total. The number of nitrogens with one attached hydrogen (secondary N) is 3. The van der Waals surface area contributed by atoms with Crippen molar-refractivity contribution in [1.82, 2.24) is 30.4 Å². The lowest BCUT2D eigenvalue weighted by Gasteiger charge is -2.41. The number of hydrogen-bond donors (Lipinski definition) is 3. The first-order valence-electron chi connectivity index (χ1n) is 15.1. The molecule has 4 aliphatic rings. The highest BCUT2D eigenvalue weighted by Gasteiger charge is 2.39. The van der Waals surface area contributed by atoms with Gasteiger partial charge in [0.05, 0.1) is 37.0 Å². The Morgan fingerprint density at radius 2 is 1.90 bits per heavy atom. The Kier molecular flexibility index (Phi) is 9.01. The number of nitrogens with zero attached hydrogens (tertiary/aromatic N) is 3. The van der Waals surface area contributed by atoms with Crippen LogP contribution in [0.5, 0.6) is 5.75 Å². The predicted octanol–water partition coefficient (Wildman–Crippen LogP) is 1.09. The normalized spacial score (nSPS) is 28.0. The standard InChI is InChI=1S/C30H40N6O6/c37-28(20-7-14-40-15-8-20)34-23-6-5-21-9-16-41-25-4-2-1-3-22(25)30(39)36-13-12-35(19-27-31-10-11-32-27)18-24(36)29(38)33-17-26(23)42-21/h1-4,10-11,20-21,23-24,26H,5-9,12-19H2,(H,31,32)(H,33,38)(H,34,37)/t21-,23+,24-,26+/m0/s1. The summed E-state index contributed by atoms with van der Waals surface area (Å²) < 4.78 is 18.0. The lowest BCUT2D eigenvalue weighted by molar-refractivity contribution is -0.134. The van der Waals surface area contributed by atoms with Crippen LogP contribution in [0, 0.1) is 5.92 Å². The Morgan fingerprint density at radius 1 is 1.05 bits per heavy atom. The molecule has 4 aliphatic heterocycles. The lowest BCUT2D eigenvalue weighted by Crippen LogP contribution is -2.62. The molecule has 1 aromatic heterocycles. The van der Waals surface area contributed by atoms with E-state index in [1.165, 1.54) is 0 Å². The van der Waals surface area contributed by atoms with E-state index in [1.54, 1.807) is 29.4 Å². The Hall–Kier alpha value is -3.48. The van der Waals surface area contributed by atoms with E-state index in [0.29, 0.717) is 76.6 Å². The van der Waals surface area contributed by atoms with Gasteiger partial charge >= 0.3 is 0 Å². The molecule has 2 bridgehead atoms. The molecule has 3 fully saturated rings. The van der Waals surface area contributed by atoms with Gasteiger partial charge in [0, 0.05) is 64.1 Å². The Balaban J connectivity index is 1.22. The van der Waals surface area contributed by atoms with Crippen molar-refractivity contribution < 1.29 is 28.6 Å². The van der Waals surface area contributed by atoms with E-state index in [-0.39, 0.29) is 42.3 Å². The van der Waals surface area contributed by atoms with Crippen molar-refractivity contribution in [3.8, 4) is 5.75 Å². The zero-order valence-corrected chi connectivity index (χ0v) is 23.8. The van der Waals surface area contributed by atoms with Crippen molar-refractivity contribution in [3.63, 3.8) is 0 Å². The molecule has 0 unspecified atom stereocenters. The van der Waals surface area contributed by atoms with Crippen LogP contribution in [0.1, 0.15) is 48.3 Å². The highest BCUT2D eigenvalue weighted by atomic mass is 16.5. The van der Waals surface area contributed by atoms with Gasteiger partial charge in [0.15, 0.2) is 0 Å². The number of aromatic nitrogens is 2. The third kappa shape index (κ3) is 6.61. The van der Waals surface area contributed by atoms with Crippen LogP contribution in [0.4, 0.5) is 0 Å². The number of amides is 3. The van der Waals surface area contributed by atoms with Crippen LogP contribution < -0.4 is 15.4 Å². The molecule has 5 heterocycles. The lowest BCUT2D eigenvalue weighted by atomic mass is 9.94. The zero-order valence-electron chi connectivity index (χ0n) is 23.8. The maximum atomic E-state index is 13.9. The maximum absolute atomic E-state index is 13.9. The van der Waals surface area contributed by atoms with Gasteiger partial charge in [-0.3, -0.25) is 19.3 Å². The second kappa shape index (κ2) is 13.2. The van der Waals surface area contributed by atoms with Crippen LogP contribution in [-0.2, 0) is 25.6 Å². The molecule has 0 radical (unpaired) electrons. The fraction of sp³-hybridized carbons (Fsp3) is 0.600. The molecule has 226 valence electrons. The van der Waals surface area contributed by atoms with E-state index in [2.05, 4.69) is 25.5 Å². The van der Waals surface area contributed by atoms with E-state index in [9.17, 15) is 14.4 Å². The quantitative estimate of drug-likeness (QED) is 0.489. The number of hydrogen-bond acceptors (Lipinski definition) is 8. The van der Waals surface area contributed by atoms with Gasteiger partial charge in [-0.25, -0.2) is 4.98 Å². The van der Waals surface area contributed by atoms with Crippen molar-refractivity contribution in [2.45, 2.75) is 62.9 Å². The molecule has 42 heavy (non-hydrogen) atoms. The van der Waals surface area contributed by atoms with Gasteiger partial charge in [0.2, 0.25) is 11.8 Å². The number of imidazole rings is 1. The minimum Gasteiger partial charge on any atom is -0.493 e. The van der Waals surface area contributed by atoms with Gasteiger partial charge in [-0.05, 0) is 37.8 Å². The molecule has 1 aromatic carbocycles. The van der Waals surface area contributed by atoms with Crippen molar-refractivity contribution in [3.05, 3.63) is 48.0 Å². The molecule has 2 aromatic rings. The van der Waals surface area contributed by atoms with E-state index >= 15 is 0 Å². The molecule has 12 heteroatoms. The second-order valence-corrected chi connectivity index (χ2v) is 11.5. The number of para-hydroxylation sites is 1. The van der Waals surface area contributed by atoms with Crippen LogP contribution in [-0.4, -0.2) is 108 Å². The molecule has 3 amide bonds. The van der Waals surface area contributed by atoms with Gasteiger partial charge < -0.3 is 34.7 Å². The molecular formula is C30H40N6O6. The number of rotatable bonds is 4. The third-order valence-corrected chi connectivity index (χ3v) is 8.78. The summed E-state index contributed by atoms with van der Waals surface area (Å²) in [7, 11) is 0.